The number of aromatic nitrogens is 3. The van der Waals surface area contributed by atoms with Gasteiger partial charge in [0.1, 0.15) is 0 Å². The Morgan fingerprint density at radius 1 is 0.914 bits per heavy atom. The first-order valence-electron chi connectivity index (χ1n) is 11.4. The van der Waals surface area contributed by atoms with Crippen LogP contribution in [0.25, 0.3) is 38.6 Å². The first-order chi connectivity index (χ1) is 16.7. The van der Waals surface area contributed by atoms with Crippen molar-refractivity contribution in [3.8, 4) is 16.8 Å². The molecule has 0 fully saturated rings. The van der Waals surface area contributed by atoms with Crippen molar-refractivity contribution in [1.29, 1.82) is 0 Å². The van der Waals surface area contributed by atoms with Gasteiger partial charge >= 0.3 is 5.69 Å². The quantitative estimate of drug-likeness (QED) is 0.421. The average molecular weight is 467 g/mol. The Balaban J connectivity index is 1.81. The average Bonchev–Trinajstić information content (AvgIpc) is 3.14. The molecular weight excluding hydrogens is 440 g/mol. The van der Waals surface area contributed by atoms with Gasteiger partial charge in [-0.3, -0.25) is 14.2 Å². The predicted molar refractivity (Wildman–Crippen MR) is 139 cm³/mol. The van der Waals surface area contributed by atoms with Gasteiger partial charge in [0.25, 0.3) is 5.56 Å². The van der Waals surface area contributed by atoms with Crippen LogP contribution in [-0.2, 0) is 18.3 Å². The molecule has 176 valence electrons. The van der Waals surface area contributed by atoms with Gasteiger partial charge in [0.2, 0.25) is 5.91 Å². The van der Waals surface area contributed by atoms with Crippen LogP contribution < -0.4 is 17.0 Å². The predicted octanol–water partition coefficient (Wildman–Crippen LogP) is 3.79. The molecule has 0 saturated carbocycles. The standard InChI is InChI=1S/C28H26N4O3/c1-15-17(3)30-26-18(14-24(29)33)12-13-20(25(15)26)19-9-7-11-22(16(19)2)32-27(34)21-8-5-6-10-23(21)31(4)28(32)35/h5-13,30H,14H2,1-4H3,(H2,29,33). The zero-order valence-electron chi connectivity index (χ0n) is 20.1. The van der Waals surface area contributed by atoms with E-state index in [1.807, 2.05) is 51.1 Å². The van der Waals surface area contributed by atoms with Crippen LogP contribution in [0.4, 0.5) is 0 Å². The topological polar surface area (TPSA) is 103 Å². The summed E-state index contributed by atoms with van der Waals surface area (Å²) in [6.07, 6.45) is 0.137. The van der Waals surface area contributed by atoms with E-state index in [0.717, 1.165) is 44.4 Å². The lowest BCUT2D eigenvalue weighted by Crippen LogP contribution is -2.38. The van der Waals surface area contributed by atoms with Crippen LogP contribution in [0.1, 0.15) is 22.4 Å². The number of benzene rings is 3. The number of hydrogen-bond donors (Lipinski definition) is 2. The molecule has 0 aliphatic rings. The third kappa shape index (κ3) is 3.39. The molecule has 0 radical (unpaired) electrons. The minimum absolute atomic E-state index is 0.137. The van der Waals surface area contributed by atoms with E-state index in [9.17, 15) is 14.4 Å². The van der Waals surface area contributed by atoms with E-state index < -0.39 is 11.6 Å². The lowest BCUT2D eigenvalue weighted by molar-refractivity contribution is -0.117. The van der Waals surface area contributed by atoms with Crippen molar-refractivity contribution < 1.29 is 4.79 Å². The molecule has 7 heteroatoms. The number of aromatic amines is 1. The smallest absolute Gasteiger partial charge is 0.335 e. The van der Waals surface area contributed by atoms with E-state index in [-0.39, 0.29) is 12.0 Å². The number of primary amides is 1. The van der Waals surface area contributed by atoms with Gasteiger partial charge in [-0.2, -0.15) is 0 Å². The fourth-order valence-electron chi connectivity index (χ4n) is 4.98. The number of nitrogens with two attached hydrogens (primary N) is 1. The molecule has 3 N–H and O–H groups in total. The summed E-state index contributed by atoms with van der Waals surface area (Å²) in [6.45, 7) is 5.95. The number of H-pyrrole nitrogens is 1. The van der Waals surface area contributed by atoms with Crippen LogP contribution in [0.15, 0.2) is 64.2 Å². The van der Waals surface area contributed by atoms with Crippen molar-refractivity contribution in [2.24, 2.45) is 12.8 Å². The Kier molecular flexibility index (Phi) is 5.20. The Hall–Kier alpha value is -4.39. The largest absolute Gasteiger partial charge is 0.369 e. The zero-order chi connectivity index (χ0) is 25.0. The van der Waals surface area contributed by atoms with E-state index in [0.29, 0.717) is 16.6 Å². The van der Waals surface area contributed by atoms with Crippen LogP contribution in [0.2, 0.25) is 0 Å². The fourth-order valence-corrected chi connectivity index (χ4v) is 4.98. The third-order valence-corrected chi connectivity index (χ3v) is 6.92. The lowest BCUT2D eigenvalue weighted by Gasteiger charge is -2.16. The number of nitrogens with one attached hydrogen (secondary N) is 1. The number of carbonyl (C=O) groups excluding carboxylic acids is 1. The summed E-state index contributed by atoms with van der Waals surface area (Å²) in [5, 5.41) is 1.48. The molecule has 0 unspecified atom stereocenters. The Bertz CT molecular complexity index is 1790. The summed E-state index contributed by atoms with van der Waals surface area (Å²) >= 11 is 0. The molecule has 35 heavy (non-hydrogen) atoms. The first-order valence-corrected chi connectivity index (χ1v) is 11.4. The number of amides is 1. The summed E-state index contributed by atoms with van der Waals surface area (Å²) in [5.74, 6) is -0.395. The lowest BCUT2D eigenvalue weighted by atomic mass is 9.92. The van der Waals surface area contributed by atoms with Gasteiger partial charge in [0.15, 0.2) is 0 Å². The number of rotatable bonds is 4. The fraction of sp³-hybridized carbons (Fsp3) is 0.179. The molecule has 5 rings (SSSR count). The Labute approximate surface area is 201 Å². The molecular formula is C28H26N4O3. The molecule has 2 heterocycles. The van der Waals surface area contributed by atoms with Crippen molar-refractivity contribution in [3.63, 3.8) is 0 Å². The van der Waals surface area contributed by atoms with E-state index in [1.54, 1.807) is 31.3 Å². The number of aryl methyl sites for hydroxylation is 3. The van der Waals surface area contributed by atoms with Crippen LogP contribution in [-0.4, -0.2) is 20.0 Å². The van der Waals surface area contributed by atoms with Crippen LogP contribution in [0, 0.1) is 20.8 Å². The molecule has 0 aliphatic heterocycles. The van der Waals surface area contributed by atoms with E-state index in [2.05, 4.69) is 4.98 Å². The minimum atomic E-state index is -0.399. The summed E-state index contributed by atoms with van der Waals surface area (Å²) in [7, 11) is 1.67. The summed E-state index contributed by atoms with van der Waals surface area (Å²) in [5.41, 5.74) is 12.3. The summed E-state index contributed by atoms with van der Waals surface area (Å²) in [6, 6.07) is 16.6. The first kappa shape index (κ1) is 22.4. The van der Waals surface area contributed by atoms with Crippen molar-refractivity contribution in [2.45, 2.75) is 27.2 Å². The summed E-state index contributed by atoms with van der Waals surface area (Å²) < 4.78 is 2.74. The number of fused-ring (bicyclic) bond motifs is 2. The normalized spacial score (nSPS) is 11.4. The molecule has 3 aromatic carbocycles. The second-order valence-electron chi connectivity index (χ2n) is 8.99. The molecule has 5 aromatic rings. The summed E-state index contributed by atoms with van der Waals surface area (Å²) in [4.78, 5) is 41.8. The number of para-hydroxylation sites is 1. The number of carbonyl (C=O) groups is 1. The molecule has 0 atom stereocenters. The monoisotopic (exact) mass is 466 g/mol. The van der Waals surface area contributed by atoms with E-state index in [1.165, 1.54) is 9.13 Å². The van der Waals surface area contributed by atoms with Gasteiger partial charge in [-0.05, 0) is 66.8 Å². The van der Waals surface area contributed by atoms with Crippen LogP contribution >= 0.6 is 0 Å². The maximum absolute atomic E-state index is 13.4. The molecule has 2 aromatic heterocycles. The number of hydrogen-bond acceptors (Lipinski definition) is 3. The van der Waals surface area contributed by atoms with Crippen molar-refractivity contribution >= 4 is 27.7 Å². The zero-order valence-corrected chi connectivity index (χ0v) is 20.1. The highest BCUT2D eigenvalue weighted by molar-refractivity contribution is 6.02. The van der Waals surface area contributed by atoms with Gasteiger partial charge < -0.3 is 10.7 Å². The van der Waals surface area contributed by atoms with E-state index in [4.69, 9.17) is 5.73 Å². The molecule has 0 saturated heterocycles. The van der Waals surface area contributed by atoms with Gasteiger partial charge in [0, 0.05) is 18.1 Å². The highest BCUT2D eigenvalue weighted by atomic mass is 16.2. The Morgan fingerprint density at radius 2 is 1.66 bits per heavy atom. The molecule has 0 spiro atoms. The maximum atomic E-state index is 13.4. The van der Waals surface area contributed by atoms with Crippen molar-refractivity contribution in [1.82, 2.24) is 14.1 Å². The number of nitrogens with zero attached hydrogens (tertiary/aromatic N) is 2. The molecule has 0 aliphatic carbocycles. The minimum Gasteiger partial charge on any atom is -0.369 e. The molecule has 1 amide bonds. The van der Waals surface area contributed by atoms with E-state index >= 15 is 0 Å². The van der Waals surface area contributed by atoms with Gasteiger partial charge in [-0.1, -0.05) is 36.4 Å². The molecule has 0 bridgehead atoms. The third-order valence-electron chi connectivity index (χ3n) is 6.92. The van der Waals surface area contributed by atoms with Gasteiger partial charge in [-0.15, -0.1) is 0 Å². The van der Waals surface area contributed by atoms with Gasteiger partial charge in [-0.25, -0.2) is 9.36 Å². The van der Waals surface area contributed by atoms with Crippen LogP contribution in [0.5, 0.6) is 0 Å². The SMILES string of the molecule is Cc1[nH]c2c(CC(N)=O)ccc(-c3cccc(-n4c(=O)c5ccccc5n(C)c4=O)c3C)c2c1C. The highest BCUT2D eigenvalue weighted by Crippen LogP contribution is 2.37. The van der Waals surface area contributed by atoms with Gasteiger partial charge in [0.05, 0.1) is 28.5 Å². The second kappa shape index (κ2) is 8.13. The Morgan fingerprint density at radius 3 is 2.40 bits per heavy atom. The maximum Gasteiger partial charge on any atom is 0.335 e. The molecule has 7 nitrogen and oxygen atoms in total. The highest BCUT2D eigenvalue weighted by Gasteiger charge is 2.19. The van der Waals surface area contributed by atoms with Crippen molar-refractivity contribution in [2.75, 3.05) is 0 Å². The second-order valence-corrected chi connectivity index (χ2v) is 8.99. The van der Waals surface area contributed by atoms with Crippen molar-refractivity contribution in [3.05, 3.63) is 97.8 Å². The van der Waals surface area contributed by atoms with Crippen LogP contribution in [0.3, 0.4) is 0 Å².